The lowest BCUT2D eigenvalue weighted by molar-refractivity contribution is -0.122. The molecule has 0 aliphatic carbocycles. The number of carbonyl (C=O) groups excluding carboxylic acids is 1. The molecule has 0 spiro atoms. The van der Waals surface area contributed by atoms with Gasteiger partial charge in [0.25, 0.3) is 0 Å². The predicted molar refractivity (Wildman–Crippen MR) is 38.2 cm³/mol. The Hall–Kier alpha value is -0.650. The summed E-state index contributed by atoms with van der Waals surface area (Å²) in [5.41, 5.74) is 0. The maximum Gasteiger partial charge on any atom is 0.405 e. The van der Waals surface area contributed by atoms with E-state index < -0.39 is 18.8 Å². The number of hydrogen-bond donors (Lipinski definition) is 2. The predicted octanol–water partition coefficient (Wildman–Crippen LogP) is 1.09. The minimum Gasteiger partial charge on any atom is -0.337 e. The van der Waals surface area contributed by atoms with E-state index >= 15 is 0 Å². The van der Waals surface area contributed by atoms with E-state index in [1.54, 1.807) is 5.32 Å². The lowest BCUT2D eigenvalue weighted by Gasteiger charge is -2.08. The van der Waals surface area contributed by atoms with E-state index in [4.69, 9.17) is 11.6 Å². The standard InChI is InChI=1S/C5H8ClF3N2O/c6-1-2-10-4(12)11-3-5(7,8)9/h1-3H2,(H2,10,11,12). The van der Waals surface area contributed by atoms with Gasteiger partial charge in [-0.05, 0) is 0 Å². The summed E-state index contributed by atoms with van der Waals surface area (Å²) >= 11 is 5.17. The van der Waals surface area contributed by atoms with Crippen molar-refractivity contribution in [3.63, 3.8) is 0 Å². The van der Waals surface area contributed by atoms with Crippen LogP contribution in [-0.2, 0) is 0 Å². The van der Waals surface area contributed by atoms with E-state index in [9.17, 15) is 18.0 Å². The Morgan fingerprint density at radius 1 is 1.33 bits per heavy atom. The molecule has 0 aromatic heterocycles. The molecule has 0 aliphatic rings. The second kappa shape index (κ2) is 5.08. The molecule has 12 heavy (non-hydrogen) atoms. The molecular weight excluding hydrogens is 197 g/mol. The van der Waals surface area contributed by atoms with Gasteiger partial charge in [-0.3, -0.25) is 0 Å². The van der Waals surface area contributed by atoms with Gasteiger partial charge < -0.3 is 10.6 Å². The molecule has 0 heterocycles. The third-order valence-electron chi connectivity index (χ3n) is 0.829. The van der Waals surface area contributed by atoms with Crippen LogP contribution < -0.4 is 10.6 Å². The topological polar surface area (TPSA) is 41.1 Å². The molecule has 0 unspecified atom stereocenters. The second-order valence-electron chi connectivity index (χ2n) is 1.91. The number of nitrogens with one attached hydrogen (secondary N) is 2. The molecule has 0 rings (SSSR count). The lowest BCUT2D eigenvalue weighted by Crippen LogP contribution is -2.41. The summed E-state index contributed by atoms with van der Waals surface area (Å²) in [4.78, 5) is 10.5. The van der Waals surface area contributed by atoms with Crippen molar-refractivity contribution >= 4 is 17.6 Å². The maximum absolute atomic E-state index is 11.5. The van der Waals surface area contributed by atoms with E-state index in [0.717, 1.165) is 0 Å². The molecule has 0 aromatic carbocycles. The maximum atomic E-state index is 11.5. The second-order valence-corrected chi connectivity index (χ2v) is 2.29. The SMILES string of the molecule is O=C(NCCCl)NCC(F)(F)F. The summed E-state index contributed by atoms with van der Waals surface area (Å²) in [5.74, 6) is 0.166. The molecule has 0 atom stereocenters. The van der Waals surface area contributed by atoms with Gasteiger partial charge in [0.1, 0.15) is 6.54 Å². The van der Waals surface area contributed by atoms with Gasteiger partial charge in [-0.1, -0.05) is 0 Å². The zero-order valence-corrected chi connectivity index (χ0v) is 6.80. The minimum absolute atomic E-state index is 0.144. The van der Waals surface area contributed by atoms with Crippen LogP contribution in [0, 0.1) is 0 Å². The Bertz CT molecular complexity index is 150. The third-order valence-corrected chi connectivity index (χ3v) is 1.02. The zero-order chi connectivity index (χ0) is 9.61. The monoisotopic (exact) mass is 204 g/mol. The highest BCUT2D eigenvalue weighted by atomic mass is 35.5. The van der Waals surface area contributed by atoms with E-state index in [1.165, 1.54) is 0 Å². The van der Waals surface area contributed by atoms with E-state index in [1.807, 2.05) is 0 Å². The molecule has 0 radical (unpaired) electrons. The van der Waals surface area contributed by atoms with Crippen LogP contribution in [-0.4, -0.2) is 31.2 Å². The van der Waals surface area contributed by atoms with Gasteiger partial charge in [0, 0.05) is 12.4 Å². The molecule has 0 aliphatic heterocycles. The average molecular weight is 205 g/mol. The number of halogens is 4. The smallest absolute Gasteiger partial charge is 0.337 e. The van der Waals surface area contributed by atoms with Crippen molar-refractivity contribution in [2.45, 2.75) is 6.18 Å². The molecule has 2 N–H and O–H groups in total. The fourth-order valence-corrected chi connectivity index (χ4v) is 0.498. The molecule has 0 saturated heterocycles. The first-order valence-electron chi connectivity index (χ1n) is 3.10. The van der Waals surface area contributed by atoms with Gasteiger partial charge in [-0.2, -0.15) is 13.2 Å². The van der Waals surface area contributed by atoms with Crippen LogP contribution in [0.4, 0.5) is 18.0 Å². The molecule has 7 heteroatoms. The Kier molecular flexibility index (Phi) is 4.80. The summed E-state index contributed by atoms with van der Waals surface area (Å²) in [6, 6.07) is -0.868. The van der Waals surface area contributed by atoms with Crippen LogP contribution in [0.25, 0.3) is 0 Å². The van der Waals surface area contributed by atoms with Crippen molar-refractivity contribution < 1.29 is 18.0 Å². The minimum atomic E-state index is -4.38. The fraction of sp³-hybridized carbons (Fsp3) is 0.800. The van der Waals surface area contributed by atoms with E-state index in [-0.39, 0.29) is 12.4 Å². The van der Waals surface area contributed by atoms with Crippen molar-refractivity contribution in [3.05, 3.63) is 0 Å². The Morgan fingerprint density at radius 2 is 1.92 bits per heavy atom. The summed E-state index contributed by atoms with van der Waals surface area (Å²) in [6.07, 6.45) is -4.38. The lowest BCUT2D eigenvalue weighted by atomic mass is 10.6. The van der Waals surface area contributed by atoms with Crippen molar-refractivity contribution in [2.75, 3.05) is 19.0 Å². The van der Waals surface area contributed by atoms with Crippen molar-refractivity contribution in [1.82, 2.24) is 10.6 Å². The van der Waals surface area contributed by atoms with E-state index in [0.29, 0.717) is 0 Å². The zero-order valence-electron chi connectivity index (χ0n) is 6.04. The Labute approximate surface area is 72.3 Å². The summed E-state index contributed by atoms with van der Waals surface area (Å²) < 4.78 is 34.4. The summed E-state index contributed by atoms with van der Waals surface area (Å²) in [7, 11) is 0. The quantitative estimate of drug-likeness (QED) is 0.664. The number of alkyl halides is 4. The van der Waals surface area contributed by atoms with E-state index in [2.05, 4.69) is 5.32 Å². The first kappa shape index (κ1) is 11.4. The van der Waals surface area contributed by atoms with Crippen LogP contribution in [0.15, 0.2) is 0 Å². The van der Waals surface area contributed by atoms with Gasteiger partial charge in [-0.15, -0.1) is 11.6 Å². The number of amides is 2. The molecule has 72 valence electrons. The van der Waals surface area contributed by atoms with Crippen LogP contribution in [0.1, 0.15) is 0 Å². The summed E-state index contributed by atoms with van der Waals surface area (Å²) in [5, 5.41) is 3.75. The Morgan fingerprint density at radius 3 is 2.33 bits per heavy atom. The number of hydrogen-bond acceptors (Lipinski definition) is 1. The highest BCUT2D eigenvalue weighted by Gasteiger charge is 2.27. The largest absolute Gasteiger partial charge is 0.405 e. The number of urea groups is 1. The highest BCUT2D eigenvalue weighted by Crippen LogP contribution is 2.11. The normalized spacial score (nSPS) is 11.0. The molecule has 2 amide bonds. The van der Waals surface area contributed by atoms with Gasteiger partial charge in [0.2, 0.25) is 0 Å². The van der Waals surface area contributed by atoms with Crippen molar-refractivity contribution in [3.8, 4) is 0 Å². The average Bonchev–Trinajstić information content (AvgIpc) is 1.95. The van der Waals surface area contributed by atoms with Crippen molar-refractivity contribution in [2.24, 2.45) is 0 Å². The van der Waals surface area contributed by atoms with Gasteiger partial charge in [0.05, 0.1) is 0 Å². The van der Waals surface area contributed by atoms with Crippen LogP contribution in [0.3, 0.4) is 0 Å². The van der Waals surface area contributed by atoms with Gasteiger partial charge in [0.15, 0.2) is 0 Å². The van der Waals surface area contributed by atoms with Crippen LogP contribution >= 0.6 is 11.6 Å². The van der Waals surface area contributed by atoms with Gasteiger partial charge >= 0.3 is 12.2 Å². The molecule has 0 bridgehead atoms. The van der Waals surface area contributed by atoms with Crippen molar-refractivity contribution in [1.29, 1.82) is 0 Å². The van der Waals surface area contributed by atoms with Crippen LogP contribution in [0.2, 0.25) is 0 Å². The Balaban J connectivity index is 3.44. The number of rotatable bonds is 3. The molecule has 0 aromatic rings. The highest BCUT2D eigenvalue weighted by molar-refractivity contribution is 6.18. The third kappa shape index (κ3) is 7.46. The van der Waals surface area contributed by atoms with Crippen LogP contribution in [0.5, 0.6) is 0 Å². The molecule has 0 saturated carbocycles. The molecular formula is C5H8ClF3N2O. The first-order valence-corrected chi connectivity index (χ1v) is 3.63. The summed E-state index contributed by atoms with van der Waals surface area (Å²) in [6.45, 7) is -1.19. The number of carbonyl (C=O) groups is 1. The molecule has 0 fully saturated rings. The fourth-order valence-electron chi connectivity index (χ4n) is 0.404. The molecule has 3 nitrogen and oxygen atoms in total. The first-order chi connectivity index (χ1) is 5.45. The van der Waals surface area contributed by atoms with Gasteiger partial charge in [-0.25, -0.2) is 4.79 Å².